The maximum atomic E-state index is 5.61. The van der Waals surface area contributed by atoms with Gasteiger partial charge in [-0.2, -0.15) is 0 Å². The summed E-state index contributed by atoms with van der Waals surface area (Å²) in [5, 5.41) is 3.57. The number of benzene rings is 1. The Balaban J connectivity index is 2.28. The Bertz CT molecular complexity index is 403. The van der Waals surface area contributed by atoms with Gasteiger partial charge < -0.3 is 14.8 Å². The Hall–Kier alpha value is -1.06. The van der Waals surface area contributed by atoms with E-state index in [-0.39, 0.29) is 0 Å². The van der Waals surface area contributed by atoms with Crippen LogP contribution in [0.2, 0.25) is 0 Å². The molecule has 3 heteroatoms. The van der Waals surface area contributed by atoms with E-state index in [1.165, 1.54) is 16.7 Å². The van der Waals surface area contributed by atoms with Crippen molar-refractivity contribution in [2.45, 2.75) is 32.9 Å². The van der Waals surface area contributed by atoms with Crippen molar-refractivity contribution >= 4 is 0 Å². The van der Waals surface area contributed by atoms with E-state index in [0.717, 1.165) is 19.0 Å². The molecule has 2 rings (SSSR count). The number of nitrogens with one attached hydrogen (secondary N) is 1. The fraction of sp³-hybridized carbons (Fsp3) is 0.571. The molecular formula is C14H21NO2. The largest absolute Gasteiger partial charge is 0.496 e. The van der Waals surface area contributed by atoms with E-state index >= 15 is 0 Å². The minimum Gasteiger partial charge on any atom is -0.496 e. The van der Waals surface area contributed by atoms with Crippen molar-refractivity contribution in [2.75, 3.05) is 20.3 Å². The molecule has 0 aliphatic carbocycles. The number of morpholine rings is 1. The standard InChI is InChI=1S/C14H21NO2/c1-9-6-14(16-4)10(2)5-12(9)13-8-17-7-11(3)15-13/h5-6,11,13,15H,7-8H2,1-4H3. The van der Waals surface area contributed by atoms with E-state index in [0.29, 0.717) is 12.1 Å². The third-order valence-corrected chi connectivity index (χ3v) is 3.30. The Kier molecular flexibility index (Phi) is 3.69. The van der Waals surface area contributed by atoms with Gasteiger partial charge in [0.2, 0.25) is 0 Å². The lowest BCUT2D eigenvalue weighted by Crippen LogP contribution is -2.42. The summed E-state index contributed by atoms with van der Waals surface area (Å²) in [7, 11) is 1.71. The van der Waals surface area contributed by atoms with Gasteiger partial charge in [-0.15, -0.1) is 0 Å². The summed E-state index contributed by atoms with van der Waals surface area (Å²) in [4.78, 5) is 0. The van der Waals surface area contributed by atoms with Crippen molar-refractivity contribution < 1.29 is 9.47 Å². The Labute approximate surface area is 103 Å². The second kappa shape index (κ2) is 5.07. The van der Waals surface area contributed by atoms with Gasteiger partial charge in [0.25, 0.3) is 0 Å². The summed E-state index contributed by atoms with van der Waals surface area (Å²) in [6.07, 6.45) is 0. The second-order valence-electron chi connectivity index (χ2n) is 4.84. The van der Waals surface area contributed by atoms with Gasteiger partial charge in [-0.3, -0.25) is 0 Å². The first-order valence-electron chi connectivity index (χ1n) is 6.10. The number of ether oxygens (including phenoxy) is 2. The topological polar surface area (TPSA) is 30.5 Å². The van der Waals surface area contributed by atoms with E-state index in [1.54, 1.807) is 7.11 Å². The molecule has 1 fully saturated rings. The molecule has 1 heterocycles. The first-order chi connectivity index (χ1) is 8.11. The molecule has 0 aromatic heterocycles. The van der Waals surface area contributed by atoms with Crippen LogP contribution < -0.4 is 10.1 Å². The van der Waals surface area contributed by atoms with Crippen LogP contribution >= 0.6 is 0 Å². The van der Waals surface area contributed by atoms with Crippen LogP contribution in [0.5, 0.6) is 5.75 Å². The minimum absolute atomic E-state index is 0.295. The van der Waals surface area contributed by atoms with Gasteiger partial charge >= 0.3 is 0 Å². The predicted molar refractivity (Wildman–Crippen MR) is 68.6 cm³/mol. The second-order valence-corrected chi connectivity index (χ2v) is 4.84. The van der Waals surface area contributed by atoms with Crippen molar-refractivity contribution in [1.29, 1.82) is 0 Å². The SMILES string of the molecule is COc1cc(C)c(C2COCC(C)N2)cc1C. The number of aryl methyl sites for hydroxylation is 2. The molecular weight excluding hydrogens is 214 g/mol. The number of rotatable bonds is 2. The Morgan fingerprint density at radius 3 is 2.65 bits per heavy atom. The van der Waals surface area contributed by atoms with Crippen LogP contribution in [0, 0.1) is 13.8 Å². The highest BCUT2D eigenvalue weighted by atomic mass is 16.5. The first-order valence-corrected chi connectivity index (χ1v) is 6.10. The van der Waals surface area contributed by atoms with Crippen LogP contribution in [0.4, 0.5) is 0 Å². The van der Waals surface area contributed by atoms with Crippen LogP contribution in [0.1, 0.15) is 29.7 Å². The van der Waals surface area contributed by atoms with Crippen molar-refractivity contribution in [3.63, 3.8) is 0 Å². The van der Waals surface area contributed by atoms with E-state index in [4.69, 9.17) is 9.47 Å². The normalized spacial score (nSPS) is 24.7. The van der Waals surface area contributed by atoms with Gasteiger partial charge in [0.1, 0.15) is 5.75 Å². The van der Waals surface area contributed by atoms with Crippen LogP contribution in [0.15, 0.2) is 12.1 Å². The summed E-state index contributed by atoms with van der Waals surface area (Å²) >= 11 is 0. The molecule has 1 aromatic rings. The summed E-state index contributed by atoms with van der Waals surface area (Å²) in [6, 6.07) is 5.01. The van der Waals surface area contributed by atoms with Crippen molar-refractivity contribution in [3.8, 4) is 5.75 Å². The molecule has 1 saturated heterocycles. The third kappa shape index (κ3) is 2.61. The highest BCUT2D eigenvalue weighted by Gasteiger charge is 2.22. The molecule has 2 unspecified atom stereocenters. The average molecular weight is 235 g/mol. The van der Waals surface area contributed by atoms with Crippen LogP contribution in [0.25, 0.3) is 0 Å². The van der Waals surface area contributed by atoms with Crippen molar-refractivity contribution in [1.82, 2.24) is 5.32 Å². The lowest BCUT2D eigenvalue weighted by Gasteiger charge is -2.30. The van der Waals surface area contributed by atoms with Gasteiger partial charge in [-0.25, -0.2) is 0 Å². The van der Waals surface area contributed by atoms with Crippen molar-refractivity contribution in [3.05, 3.63) is 28.8 Å². The number of hydrogen-bond acceptors (Lipinski definition) is 3. The van der Waals surface area contributed by atoms with E-state index < -0.39 is 0 Å². The molecule has 17 heavy (non-hydrogen) atoms. The van der Waals surface area contributed by atoms with Gasteiger partial charge in [-0.05, 0) is 43.5 Å². The maximum Gasteiger partial charge on any atom is 0.122 e. The van der Waals surface area contributed by atoms with E-state index in [1.807, 2.05) is 0 Å². The highest BCUT2D eigenvalue weighted by Crippen LogP contribution is 2.28. The third-order valence-electron chi connectivity index (χ3n) is 3.30. The first kappa shape index (κ1) is 12.4. The molecule has 1 aliphatic heterocycles. The van der Waals surface area contributed by atoms with E-state index in [9.17, 15) is 0 Å². The highest BCUT2D eigenvalue weighted by molar-refractivity contribution is 5.43. The molecule has 94 valence electrons. The molecule has 0 radical (unpaired) electrons. The van der Waals surface area contributed by atoms with Gasteiger partial charge in [-0.1, -0.05) is 6.07 Å². The molecule has 1 N–H and O–H groups in total. The molecule has 1 aromatic carbocycles. The van der Waals surface area contributed by atoms with Crippen LogP contribution in [-0.2, 0) is 4.74 Å². The zero-order valence-electron chi connectivity index (χ0n) is 11.0. The summed E-state index contributed by atoms with van der Waals surface area (Å²) in [5.41, 5.74) is 3.74. The lowest BCUT2D eigenvalue weighted by atomic mass is 9.97. The van der Waals surface area contributed by atoms with Crippen molar-refractivity contribution in [2.24, 2.45) is 0 Å². The minimum atomic E-state index is 0.295. The maximum absolute atomic E-state index is 5.61. The average Bonchev–Trinajstić information content (AvgIpc) is 2.31. The fourth-order valence-corrected chi connectivity index (χ4v) is 2.39. The number of hydrogen-bond donors (Lipinski definition) is 1. The Morgan fingerprint density at radius 2 is 2.00 bits per heavy atom. The predicted octanol–water partition coefficient (Wildman–Crippen LogP) is 2.36. The van der Waals surface area contributed by atoms with Crippen LogP contribution in [0.3, 0.4) is 0 Å². The quantitative estimate of drug-likeness (QED) is 0.853. The van der Waals surface area contributed by atoms with Crippen LogP contribution in [-0.4, -0.2) is 26.4 Å². The monoisotopic (exact) mass is 235 g/mol. The molecule has 3 nitrogen and oxygen atoms in total. The summed E-state index contributed by atoms with van der Waals surface area (Å²) < 4.78 is 10.9. The molecule has 2 atom stereocenters. The summed E-state index contributed by atoms with van der Waals surface area (Å²) in [5.74, 6) is 0.955. The zero-order chi connectivity index (χ0) is 12.4. The van der Waals surface area contributed by atoms with Gasteiger partial charge in [0, 0.05) is 6.04 Å². The molecule has 0 bridgehead atoms. The molecule has 0 amide bonds. The zero-order valence-corrected chi connectivity index (χ0v) is 11.0. The lowest BCUT2D eigenvalue weighted by molar-refractivity contribution is 0.0502. The Morgan fingerprint density at radius 1 is 1.24 bits per heavy atom. The van der Waals surface area contributed by atoms with Gasteiger partial charge in [0.05, 0.1) is 26.4 Å². The molecule has 0 saturated carbocycles. The smallest absolute Gasteiger partial charge is 0.122 e. The molecule has 1 aliphatic rings. The number of methoxy groups -OCH3 is 1. The summed E-state index contributed by atoms with van der Waals surface area (Å²) in [6.45, 7) is 7.90. The van der Waals surface area contributed by atoms with Gasteiger partial charge in [0.15, 0.2) is 0 Å². The molecule has 0 spiro atoms. The fourth-order valence-electron chi connectivity index (χ4n) is 2.39. The van der Waals surface area contributed by atoms with E-state index in [2.05, 4.69) is 38.2 Å².